The lowest BCUT2D eigenvalue weighted by Gasteiger charge is -2.26. The molecule has 20 heavy (non-hydrogen) atoms. The van der Waals surface area contributed by atoms with Crippen LogP contribution in [0.5, 0.6) is 0 Å². The molecule has 1 unspecified atom stereocenters. The maximum absolute atomic E-state index is 11.8. The molecule has 1 saturated heterocycles. The number of hydrogen-bond donors (Lipinski definition) is 1. The molecule has 0 aromatic rings. The summed E-state index contributed by atoms with van der Waals surface area (Å²) in [6.45, 7) is 9.51. The summed E-state index contributed by atoms with van der Waals surface area (Å²) in [5.74, 6) is -0.608. The van der Waals surface area contributed by atoms with Crippen LogP contribution < -0.4 is 5.32 Å². The van der Waals surface area contributed by atoms with E-state index in [0.717, 1.165) is 39.3 Å². The Morgan fingerprint density at radius 3 is 2.70 bits per heavy atom. The van der Waals surface area contributed by atoms with Crippen molar-refractivity contribution >= 4 is 15.7 Å². The van der Waals surface area contributed by atoms with Crippen LogP contribution in [0.3, 0.4) is 0 Å². The minimum atomic E-state index is -3.42. The topological polar surface area (TPSA) is 75.7 Å². The van der Waals surface area contributed by atoms with E-state index in [0.29, 0.717) is 6.54 Å². The normalized spacial score (nSPS) is 18.4. The molecule has 1 rings (SSSR count). The van der Waals surface area contributed by atoms with Crippen LogP contribution in [0.15, 0.2) is 12.7 Å². The first-order chi connectivity index (χ1) is 9.47. The van der Waals surface area contributed by atoms with Gasteiger partial charge in [-0.3, -0.25) is 9.69 Å². The van der Waals surface area contributed by atoms with E-state index in [1.807, 2.05) is 0 Å². The molecular weight excluding hydrogens is 280 g/mol. The van der Waals surface area contributed by atoms with E-state index in [4.69, 9.17) is 4.74 Å². The molecule has 116 valence electrons. The number of morpholine rings is 1. The van der Waals surface area contributed by atoms with Crippen molar-refractivity contribution in [3.05, 3.63) is 12.7 Å². The zero-order valence-corrected chi connectivity index (χ0v) is 12.8. The molecule has 1 amide bonds. The highest BCUT2D eigenvalue weighted by atomic mass is 32.2. The van der Waals surface area contributed by atoms with Crippen LogP contribution in [0.1, 0.15) is 13.3 Å². The van der Waals surface area contributed by atoms with Gasteiger partial charge in [0.1, 0.15) is 5.25 Å². The quantitative estimate of drug-likeness (QED) is 0.497. The molecule has 0 spiro atoms. The molecule has 7 heteroatoms. The second-order valence-electron chi connectivity index (χ2n) is 4.86. The monoisotopic (exact) mass is 304 g/mol. The summed E-state index contributed by atoms with van der Waals surface area (Å²) >= 11 is 0. The van der Waals surface area contributed by atoms with E-state index in [2.05, 4.69) is 16.8 Å². The Morgan fingerprint density at radius 2 is 2.10 bits per heavy atom. The van der Waals surface area contributed by atoms with Crippen molar-refractivity contribution in [2.75, 3.05) is 45.1 Å². The van der Waals surface area contributed by atoms with Gasteiger partial charge in [-0.05, 0) is 19.9 Å². The van der Waals surface area contributed by atoms with Crippen LogP contribution in [-0.4, -0.2) is 69.6 Å². The number of ether oxygens (including phenoxy) is 1. The molecule has 0 saturated carbocycles. The average Bonchev–Trinajstić information content (AvgIpc) is 2.43. The summed E-state index contributed by atoms with van der Waals surface area (Å²) < 4.78 is 28.6. The fourth-order valence-electron chi connectivity index (χ4n) is 1.95. The van der Waals surface area contributed by atoms with Gasteiger partial charge in [-0.1, -0.05) is 6.08 Å². The van der Waals surface area contributed by atoms with E-state index in [-0.39, 0.29) is 5.75 Å². The molecule has 0 aromatic carbocycles. The summed E-state index contributed by atoms with van der Waals surface area (Å²) in [7, 11) is -3.42. The third-order valence-electron chi connectivity index (χ3n) is 3.31. The molecule has 0 radical (unpaired) electrons. The lowest BCUT2D eigenvalue weighted by molar-refractivity contribution is -0.120. The lowest BCUT2D eigenvalue weighted by Crippen LogP contribution is -2.41. The Bertz CT molecular complexity index is 416. The van der Waals surface area contributed by atoms with Gasteiger partial charge in [-0.25, -0.2) is 8.42 Å². The maximum Gasteiger partial charge on any atom is 0.238 e. The van der Waals surface area contributed by atoms with Crippen molar-refractivity contribution in [3.63, 3.8) is 0 Å². The summed E-state index contributed by atoms with van der Waals surface area (Å²) in [4.78, 5) is 14.0. The van der Waals surface area contributed by atoms with Crippen molar-refractivity contribution < 1.29 is 17.9 Å². The highest BCUT2D eigenvalue weighted by Crippen LogP contribution is 2.03. The number of carbonyl (C=O) groups is 1. The van der Waals surface area contributed by atoms with Crippen molar-refractivity contribution in [2.45, 2.75) is 18.6 Å². The minimum Gasteiger partial charge on any atom is -0.379 e. The molecule has 0 aromatic heterocycles. The fraction of sp³-hybridized carbons (Fsp3) is 0.769. The third-order valence-corrected chi connectivity index (χ3v) is 5.30. The number of nitrogens with one attached hydrogen (secondary N) is 1. The highest BCUT2D eigenvalue weighted by molar-refractivity contribution is 7.92. The number of amides is 1. The van der Waals surface area contributed by atoms with Gasteiger partial charge in [0.2, 0.25) is 5.91 Å². The number of sulfone groups is 1. The van der Waals surface area contributed by atoms with E-state index < -0.39 is 21.0 Å². The molecule has 1 atom stereocenters. The summed E-state index contributed by atoms with van der Waals surface area (Å²) in [5, 5.41) is 1.65. The number of carbonyl (C=O) groups excluding carboxylic acids is 1. The Kier molecular flexibility index (Phi) is 7.18. The molecule has 1 N–H and O–H groups in total. The van der Waals surface area contributed by atoms with Gasteiger partial charge in [0.25, 0.3) is 0 Å². The third kappa shape index (κ3) is 5.60. The molecule has 1 fully saturated rings. The van der Waals surface area contributed by atoms with E-state index in [1.165, 1.54) is 13.0 Å². The number of rotatable bonds is 8. The van der Waals surface area contributed by atoms with Crippen LogP contribution >= 0.6 is 0 Å². The Morgan fingerprint density at radius 1 is 1.45 bits per heavy atom. The summed E-state index contributed by atoms with van der Waals surface area (Å²) in [5.41, 5.74) is 0. The lowest BCUT2D eigenvalue weighted by atomic mass is 10.3. The zero-order valence-electron chi connectivity index (χ0n) is 12.0. The molecule has 0 aliphatic carbocycles. The average molecular weight is 304 g/mol. The number of hydrogen-bond acceptors (Lipinski definition) is 5. The van der Waals surface area contributed by atoms with Crippen molar-refractivity contribution in [3.8, 4) is 0 Å². The van der Waals surface area contributed by atoms with Gasteiger partial charge in [0, 0.05) is 19.6 Å². The van der Waals surface area contributed by atoms with E-state index in [1.54, 1.807) is 0 Å². The zero-order chi connectivity index (χ0) is 15.0. The first kappa shape index (κ1) is 17.1. The van der Waals surface area contributed by atoms with Gasteiger partial charge in [0.15, 0.2) is 9.84 Å². The highest BCUT2D eigenvalue weighted by Gasteiger charge is 2.26. The molecule has 6 nitrogen and oxygen atoms in total. The van der Waals surface area contributed by atoms with Crippen LogP contribution in [0.2, 0.25) is 0 Å². The first-order valence-corrected chi connectivity index (χ1v) is 8.59. The Labute approximate surface area is 121 Å². The molecule has 1 aliphatic heterocycles. The summed E-state index contributed by atoms with van der Waals surface area (Å²) in [6, 6.07) is 0. The number of nitrogens with zero attached hydrogens (tertiary/aromatic N) is 1. The van der Waals surface area contributed by atoms with Gasteiger partial charge in [-0.15, -0.1) is 6.58 Å². The van der Waals surface area contributed by atoms with Gasteiger partial charge in [-0.2, -0.15) is 0 Å². The van der Waals surface area contributed by atoms with Gasteiger partial charge in [0.05, 0.1) is 19.0 Å². The SMILES string of the molecule is C=CCS(=O)(=O)C(C)C(=O)NCCCN1CCOCC1. The van der Waals surface area contributed by atoms with Gasteiger partial charge >= 0.3 is 0 Å². The van der Waals surface area contributed by atoms with Crippen LogP contribution in [0, 0.1) is 0 Å². The Hall–Kier alpha value is -0.920. The molecular formula is C13H24N2O4S. The molecule has 0 bridgehead atoms. The van der Waals surface area contributed by atoms with Crippen LogP contribution in [-0.2, 0) is 19.4 Å². The van der Waals surface area contributed by atoms with Crippen LogP contribution in [0.25, 0.3) is 0 Å². The first-order valence-electron chi connectivity index (χ1n) is 6.87. The van der Waals surface area contributed by atoms with Crippen molar-refractivity contribution in [1.82, 2.24) is 10.2 Å². The van der Waals surface area contributed by atoms with Crippen LogP contribution in [0.4, 0.5) is 0 Å². The van der Waals surface area contributed by atoms with E-state index in [9.17, 15) is 13.2 Å². The molecule has 1 heterocycles. The second kappa shape index (κ2) is 8.39. The van der Waals surface area contributed by atoms with Gasteiger partial charge < -0.3 is 10.1 Å². The van der Waals surface area contributed by atoms with Crippen molar-refractivity contribution in [2.24, 2.45) is 0 Å². The predicted octanol–water partition coefficient (Wildman–Crippen LogP) is -0.186. The Balaban J connectivity index is 2.23. The minimum absolute atomic E-state index is 0.171. The summed E-state index contributed by atoms with van der Waals surface area (Å²) in [6.07, 6.45) is 2.11. The second-order valence-corrected chi connectivity index (χ2v) is 7.23. The maximum atomic E-state index is 11.8. The standard InChI is InChI=1S/C13H24N2O4S/c1-3-11-20(17,18)12(2)13(16)14-5-4-6-15-7-9-19-10-8-15/h3,12H,1,4-11H2,2H3,(H,14,16). The van der Waals surface area contributed by atoms with E-state index >= 15 is 0 Å². The molecule has 1 aliphatic rings. The fourth-order valence-corrected chi connectivity index (χ4v) is 2.98. The van der Waals surface area contributed by atoms with Crippen molar-refractivity contribution in [1.29, 1.82) is 0 Å². The largest absolute Gasteiger partial charge is 0.379 e. The predicted molar refractivity (Wildman–Crippen MR) is 78.3 cm³/mol. The smallest absolute Gasteiger partial charge is 0.238 e.